The standard InChI is InChI=1S/C21H25F3N6O/c1-20(2,31)15-16(13-7-4-3-5-8-13)26-19(25)30-18(15)27-17(28-30)14-9-6-10-29(11-14)12-21(22,23)24/h3-5,7-8,14,31H,6,9-12H2,1-2H3,(H2,25,26)/t14-/m1/s1. The Kier molecular flexibility index (Phi) is 5.38. The van der Waals surface area contributed by atoms with E-state index in [1.54, 1.807) is 13.8 Å². The second-order valence-corrected chi connectivity index (χ2v) is 8.51. The molecule has 0 unspecified atom stereocenters. The Hall–Kier alpha value is -2.72. The Morgan fingerprint density at radius 1 is 1.16 bits per heavy atom. The van der Waals surface area contributed by atoms with Crippen molar-refractivity contribution in [2.75, 3.05) is 25.4 Å². The minimum atomic E-state index is -4.25. The molecule has 3 aromatic rings. The number of hydrogen-bond donors (Lipinski definition) is 2. The molecule has 1 aliphatic heterocycles. The molecule has 4 rings (SSSR count). The number of benzene rings is 1. The van der Waals surface area contributed by atoms with Crippen LogP contribution in [0.1, 0.15) is 44.0 Å². The number of nitrogen functional groups attached to an aromatic ring is 1. The number of rotatable bonds is 4. The number of nitrogens with zero attached hydrogens (tertiary/aromatic N) is 5. The molecule has 1 fully saturated rings. The smallest absolute Gasteiger partial charge is 0.386 e. The van der Waals surface area contributed by atoms with Gasteiger partial charge in [-0.2, -0.15) is 17.7 Å². The van der Waals surface area contributed by atoms with Gasteiger partial charge < -0.3 is 10.8 Å². The summed E-state index contributed by atoms with van der Waals surface area (Å²) in [6.07, 6.45) is -2.94. The Balaban J connectivity index is 1.79. The van der Waals surface area contributed by atoms with E-state index in [9.17, 15) is 18.3 Å². The van der Waals surface area contributed by atoms with E-state index >= 15 is 0 Å². The summed E-state index contributed by atoms with van der Waals surface area (Å²) in [6, 6.07) is 9.32. The molecule has 0 amide bonds. The molecule has 3 N–H and O–H groups in total. The summed E-state index contributed by atoms with van der Waals surface area (Å²) in [4.78, 5) is 10.5. The van der Waals surface area contributed by atoms with Crippen molar-refractivity contribution in [2.45, 2.75) is 44.4 Å². The van der Waals surface area contributed by atoms with Gasteiger partial charge in [-0.25, -0.2) is 9.97 Å². The molecule has 0 radical (unpaired) electrons. The van der Waals surface area contributed by atoms with Gasteiger partial charge in [0.05, 0.1) is 23.4 Å². The number of anilines is 1. The number of likely N-dealkylation sites (tertiary alicyclic amines) is 1. The zero-order valence-electron chi connectivity index (χ0n) is 17.4. The van der Waals surface area contributed by atoms with Crippen LogP contribution in [0.25, 0.3) is 16.9 Å². The number of hydrogen-bond acceptors (Lipinski definition) is 6. The summed E-state index contributed by atoms with van der Waals surface area (Å²) in [6.45, 7) is 2.92. The summed E-state index contributed by atoms with van der Waals surface area (Å²) < 4.78 is 39.9. The lowest BCUT2D eigenvalue weighted by Crippen LogP contribution is -2.40. The minimum Gasteiger partial charge on any atom is -0.386 e. The van der Waals surface area contributed by atoms with Crippen LogP contribution in [0.2, 0.25) is 0 Å². The molecule has 10 heteroatoms. The number of halogens is 3. The molecule has 1 saturated heterocycles. The largest absolute Gasteiger partial charge is 0.401 e. The molecular formula is C21H25F3N6O. The Bertz CT molecular complexity index is 1070. The number of nitrogens with two attached hydrogens (primary N) is 1. The molecule has 1 aromatic carbocycles. The predicted molar refractivity (Wildman–Crippen MR) is 110 cm³/mol. The first kappa shape index (κ1) is 21.5. The number of fused-ring (bicyclic) bond motifs is 1. The van der Waals surface area contributed by atoms with E-state index in [0.29, 0.717) is 42.1 Å². The quantitative estimate of drug-likeness (QED) is 0.654. The zero-order chi connectivity index (χ0) is 22.4. The third-order valence-corrected chi connectivity index (χ3v) is 5.46. The number of alkyl halides is 3. The van der Waals surface area contributed by atoms with Crippen molar-refractivity contribution in [3.63, 3.8) is 0 Å². The fourth-order valence-electron chi connectivity index (χ4n) is 4.18. The normalized spacial score (nSPS) is 18.6. The molecule has 0 spiro atoms. The van der Waals surface area contributed by atoms with Crippen molar-refractivity contribution >= 4 is 11.6 Å². The summed E-state index contributed by atoms with van der Waals surface area (Å²) in [7, 11) is 0. The van der Waals surface area contributed by atoms with E-state index in [4.69, 9.17) is 5.73 Å². The molecule has 0 bridgehead atoms. The van der Waals surface area contributed by atoms with Gasteiger partial charge in [-0.1, -0.05) is 30.3 Å². The van der Waals surface area contributed by atoms with E-state index in [2.05, 4.69) is 15.1 Å². The highest BCUT2D eigenvalue weighted by Gasteiger charge is 2.35. The van der Waals surface area contributed by atoms with Crippen LogP contribution in [-0.2, 0) is 5.60 Å². The van der Waals surface area contributed by atoms with Crippen LogP contribution < -0.4 is 5.73 Å². The van der Waals surface area contributed by atoms with Crippen molar-refractivity contribution in [3.05, 3.63) is 41.7 Å². The van der Waals surface area contributed by atoms with Crippen molar-refractivity contribution in [2.24, 2.45) is 0 Å². The Labute approximate surface area is 177 Å². The minimum absolute atomic E-state index is 0.101. The molecule has 166 valence electrons. The van der Waals surface area contributed by atoms with Crippen LogP contribution in [0.4, 0.5) is 19.1 Å². The maximum absolute atomic E-state index is 12.9. The van der Waals surface area contributed by atoms with Gasteiger partial charge in [0, 0.05) is 18.0 Å². The van der Waals surface area contributed by atoms with Crippen LogP contribution in [0.3, 0.4) is 0 Å². The first-order valence-electron chi connectivity index (χ1n) is 10.2. The summed E-state index contributed by atoms with van der Waals surface area (Å²) in [5, 5.41) is 15.4. The van der Waals surface area contributed by atoms with Crippen LogP contribution in [-0.4, -0.2) is 55.4 Å². The number of aromatic nitrogens is 4. The number of piperidine rings is 1. The lowest BCUT2D eigenvalue weighted by Gasteiger charge is -2.31. The molecule has 1 atom stereocenters. The second kappa shape index (κ2) is 7.76. The molecule has 1 aliphatic rings. The van der Waals surface area contributed by atoms with Crippen LogP contribution >= 0.6 is 0 Å². The number of aliphatic hydroxyl groups is 1. The Morgan fingerprint density at radius 2 is 1.87 bits per heavy atom. The van der Waals surface area contributed by atoms with Crippen LogP contribution in [0.5, 0.6) is 0 Å². The van der Waals surface area contributed by atoms with Gasteiger partial charge in [-0.15, -0.1) is 5.10 Å². The van der Waals surface area contributed by atoms with Gasteiger partial charge in [0.2, 0.25) is 5.95 Å². The van der Waals surface area contributed by atoms with Gasteiger partial charge in [-0.05, 0) is 33.2 Å². The highest BCUT2D eigenvalue weighted by Crippen LogP contribution is 2.35. The summed E-state index contributed by atoms with van der Waals surface area (Å²) in [5.74, 6) is 0.255. The fourth-order valence-corrected chi connectivity index (χ4v) is 4.18. The van der Waals surface area contributed by atoms with E-state index in [1.165, 1.54) is 9.42 Å². The first-order chi connectivity index (χ1) is 14.5. The van der Waals surface area contributed by atoms with E-state index < -0.39 is 18.3 Å². The maximum atomic E-state index is 12.9. The fraction of sp³-hybridized carbons (Fsp3) is 0.476. The summed E-state index contributed by atoms with van der Waals surface area (Å²) >= 11 is 0. The highest BCUT2D eigenvalue weighted by atomic mass is 19.4. The topological polar surface area (TPSA) is 92.6 Å². The molecule has 31 heavy (non-hydrogen) atoms. The van der Waals surface area contributed by atoms with E-state index in [0.717, 1.165) is 5.56 Å². The zero-order valence-corrected chi connectivity index (χ0v) is 17.4. The third kappa shape index (κ3) is 4.49. The lowest BCUT2D eigenvalue weighted by atomic mass is 9.94. The van der Waals surface area contributed by atoms with Crippen molar-refractivity contribution in [3.8, 4) is 11.3 Å². The average molecular weight is 434 g/mol. The van der Waals surface area contributed by atoms with E-state index in [1.807, 2.05) is 30.3 Å². The molecule has 0 saturated carbocycles. The SMILES string of the molecule is CC(C)(O)c1c(-c2ccccc2)nc(N)n2nc([C@@H]3CCCN(CC(F)(F)F)C3)nc12. The van der Waals surface area contributed by atoms with Gasteiger partial charge in [0.25, 0.3) is 0 Å². The molecule has 7 nitrogen and oxygen atoms in total. The average Bonchev–Trinajstić information content (AvgIpc) is 3.12. The maximum Gasteiger partial charge on any atom is 0.401 e. The van der Waals surface area contributed by atoms with Crippen molar-refractivity contribution in [1.82, 2.24) is 24.5 Å². The Morgan fingerprint density at radius 3 is 2.52 bits per heavy atom. The van der Waals surface area contributed by atoms with Crippen molar-refractivity contribution < 1.29 is 18.3 Å². The van der Waals surface area contributed by atoms with Gasteiger partial charge >= 0.3 is 6.18 Å². The third-order valence-electron chi connectivity index (χ3n) is 5.46. The van der Waals surface area contributed by atoms with Crippen molar-refractivity contribution in [1.29, 1.82) is 0 Å². The van der Waals surface area contributed by atoms with Crippen LogP contribution in [0.15, 0.2) is 30.3 Å². The molecule has 3 heterocycles. The highest BCUT2D eigenvalue weighted by molar-refractivity contribution is 5.73. The van der Waals surface area contributed by atoms with Crippen LogP contribution in [0, 0.1) is 0 Å². The van der Waals surface area contributed by atoms with Gasteiger partial charge in [0.15, 0.2) is 11.5 Å². The monoisotopic (exact) mass is 434 g/mol. The lowest BCUT2D eigenvalue weighted by molar-refractivity contribution is -0.148. The molecule has 0 aliphatic carbocycles. The second-order valence-electron chi connectivity index (χ2n) is 8.51. The molecule has 2 aromatic heterocycles. The first-order valence-corrected chi connectivity index (χ1v) is 10.2. The van der Waals surface area contributed by atoms with Gasteiger partial charge in [0.1, 0.15) is 0 Å². The summed E-state index contributed by atoms with van der Waals surface area (Å²) in [5.41, 5.74) is 6.97. The predicted octanol–water partition coefficient (Wildman–Crippen LogP) is 3.34. The van der Waals surface area contributed by atoms with E-state index in [-0.39, 0.29) is 18.4 Å². The van der Waals surface area contributed by atoms with Gasteiger partial charge in [-0.3, -0.25) is 4.90 Å². The molecular weight excluding hydrogens is 409 g/mol.